The maximum Gasteiger partial charge on any atom is 0.126 e. The highest BCUT2D eigenvalue weighted by Crippen LogP contribution is 2.47. The molecular weight excluding hydrogens is 402 g/mol. The van der Waals surface area contributed by atoms with Crippen molar-refractivity contribution < 1.29 is 19.7 Å². The molecule has 2 atom stereocenters. The van der Waals surface area contributed by atoms with Gasteiger partial charge in [-0.3, -0.25) is 4.90 Å². The van der Waals surface area contributed by atoms with Crippen LogP contribution in [-0.4, -0.2) is 48.0 Å². The Bertz CT molecular complexity index is 1040. The van der Waals surface area contributed by atoms with Crippen LogP contribution in [0.4, 0.5) is 0 Å². The number of hydrogen-bond donors (Lipinski definition) is 2. The summed E-state index contributed by atoms with van der Waals surface area (Å²) in [7, 11) is 0. The van der Waals surface area contributed by atoms with Crippen LogP contribution >= 0.6 is 0 Å². The summed E-state index contributed by atoms with van der Waals surface area (Å²) in [5.41, 5.74) is 3.33. The smallest absolute Gasteiger partial charge is 0.126 e. The summed E-state index contributed by atoms with van der Waals surface area (Å²) < 4.78 is 12.0. The van der Waals surface area contributed by atoms with Crippen LogP contribution in [0, 0.1) is 0 Å². The number of nitrogens with zero attached hydrogens (tertiary/aromatic N) is 1. The van der Waals surface area contributed by atoms with Crippen LogP contribution in [-0.2, 0) is 0 Å². The van der Waals surface area contributed by atoms with Gasteiger partial charge in [0.2, 0.25) is 0 Å². The fraction of sp³-hybridized carbons (Fsp3) is 0.333. The second kappa shape index (κ2) is 9.13. The molecule has 166 valence electrons. The highest BCUT2D eigenvalue weighted by atomic mass is 16.5. The van der Waals surface area contributed by atoms with Crippen LogP contribution in [0.3, 0.4) is 0 Å². The summed E-state index contributed by atoms with van der Waals surface area (Å²) in [5.74, 6) is 2.22. The van der Waals surface area contributed by atoms with Gasteiger partial charge in [-0.1, -0.05) is 30.3 Å². The molecule has 0 aliphatic carbocycles. The molecule has 0 spiro atoms. The molecule has 5 rings (SSSR count). The summed E-state index contributed by atoms with van der Waals surface area (Å²) >= 11 is 0. The number of hydrogen-bond acceptors (Lipinski definition) is 5. The number of ether oxygens (including phenoxy) is 2. The number of rotatable bonds is 6. The standard InChI is InChI=1S/C27H29NO4/c29-21-7-3-19(4-8-21)25-18-32-26-17-22(30)9-12-24(26)27(25)20-5-10-23(11-6-20)31-16-15-28-13-1-2-14-28/h3-12,17,25,27,29-30H,1-2,13-16,18H2/t25-,27?/m1/s1. The first-order valence-electron chi connectivity index (χ1n) is 11.4. The van der Waals surface area contributed by atoms with Crippen molar-refractivity contribution in [3.63, 3.8) is 0 Å². The van der Waals surface area contributed by atoms with E-state index in [0.29, 0.717) is 13.2 Å². The summed E-state index contributed by atoms with van der Waals surface area (Å²) in [6, 6.07) is 21.0. The first-order chi connectivity index (χ1) is 15.7. The maximum absolute atomic E-state index is 9.93. The van der Waals surface area contributed by atoms with E-state index in [1.807, 2.05) is 30.3 Å². The first kappa shape index (κ1) is 20.7. The van der Waals surface area contributed by atoms with Crippen LogP contribution in [0.1, 0.15) is 41.4 Å². The third-order valence-electron chi connectivity index (χ3n) is 6.59. The van der Waals surface area contributed by atoms with Gasteiger partial charge in [-0.15, -0.1) is 0 Å². The predicted molar refractivity (Wildman–Crippen MR) is 124 cm³/mol. The Hall–Kier alpha value is -3.18. The molecule has 2 heterocycles. The van der Waals surface area contributed by atoms with Gasteiger partial charge in [-0.05, 0) is 67.4 Å². The molecule has 3 aromatic rings. The third-order valence-corrected chi connectivity index (χ3v) is 6.59. The molecule has 2 aliphatic heterocycles. The number of phenolic OH excluding ortho intramolecular Hbond substituents is 2. The monoisotopic (exact) mass is 431 g/mol. The van der Waals surface area contributed by atoms with E-state index in [4.69, 9.17) is 9.47 Å². The average molecular weight is 432 g/mol. The SMILES string of the molecule is Oc1ccc([C@H]2COc3cc(O)ccc3C2c2ccc(OCCN3CCCC3)cc2)cc1. The van der Waals surface area contributed by atoms with Gasteiger partial charge in [0, 0.05) is 30.0 Å². The van der Waals surface area contributed by atoms with Crippen LogP contribution < -0.4 is 9.47 Å². The minimum atomic E-state index is 0.0718. The first-order valence-corrected chi connectivity index (χ1v) is 11.4. The van der Waals surface area contributed by atoms with Gasteiger partial charge >= 0.3 is 0 Å². The summed E-state index contributed by atoms with van der Waals surface area (Å²) in [6.45, 7) is 4.54. The van der Waals surface area contributed by atoms with E-state index in [1.54, 1.807) is 24.3 Å². The molecule has 0 saturated carbocycles. The van der Waals surface area contributed by atoms with Crippen molar-refractivity contribution in [1.29, 1.82) is 0 Å². The van der Waals surface area contributed by atoms with Crippen molar-refractivity contribution in [3.8, 4) is 23.0 Å². The molecule has 0 aromatic heterocycles. The van der Waals surface area contributed by atoms with Crippen molar-refractivity contribution in [2.24, 2.45) is 0 Å². The Kier molecular flexibility index (Phi) is 5.91. The van der Waals surface area contributed by atoms with Gasteiger partial charge in [0.25, 0.3) is 0 Å². The van der Waals surface area contributed by atoms with E-state index >= 15 is 0 Å². The molecule has 0 amide bonds. The van der Waals surface area contributed by atoms with Gasteiger partial charge < -0.3 is 19.7 Å². The Morgan fingerprint density at radius 1 is 0.844 bits per heavy atom. The maximum atomic E-state index is 9.93. The fourth-order valence-corrected chi connectivity index (χ4v) is 4.89. The van der Waals surface area contributed by atoms with E-state index in [2.05, 4.69) is 17.0 Å². The van der Waals surface area contributed by atoms with Crippen LogP contribution in [0.2, 0.25) is 0 Å². The molecule has 0 radical (unpaired) electrons. The molecule has 2 aliphatic rings. The van der Waals surface area contributed by atoms with Crippen LogP contribution in [0.15, 0.2) is 66.7 Å². The zero-order chi connectivity index (χ0) is 21.9. The molecule has 1 unspecified atom stereocenters. The topological polar surface area (TPSA) is 62.2 Å². The Balaban J connectivity index is 1.39. The molecule has 0 bridgehead atoms. The van der Waals surface area contributed by atoms with E-state index in [9.17, 15) is 10.2 Å². The zero-order valence-electron chi connectivity index (χ0n) is 18.1. The Morgan fingerprint density at radius 2 is 1.53 bits per heavy atom. The van der Waals surface area contributed by atoms with Gasteiger partial charge in [-0.25, -0.2) is 0 Å². The lowest BCUT2D eigenvalue weighted by atomic mass is 9.76. The quantitative estimate of drug-likeness (QED) is 0.582. The minimum absolute atomic E-state index is 0.0718. The Morgan fingerprint density at radius 3 is 2.28 bits per heavy atom. The molecule has 5 heteroatoms. The molecule has 32 heavy (non-hydrogen) atoms. The van der Waals surface area contributed by atoms with Crippen LogP contribution in [0.25, 0.3) is 0 Å². The molecule has 1 fully saturated rings. The van der Waals surface area contributed by atoms with Crippen LogP contribution in [0.5, 0.6) is 23.0 Å². The highest BCUT2D eigenvalue weighted by molar-refractivity contribution is 5.51. The Labute approximate surface area is 188 Å². The molecule has 1 saturated heterocycles. The summed E-state index contributed by atoms with van der Waals surface area (Å²) in [4.78, 5) is 2.45. The minimum Gasteiger partial charge on any atom is -0.508 e. The second-order valence-corrected chi connectivity index (χ2v) is 8.68. The summed E-state index contributed by atoms with van der Waals surface area (Å²) in [6.07, 6.45) is 2.59. The number of fused-ring (bicyclic) bond motifs is 1. The largest absolute Gasteiger partial charge is 0.508 e. The molecule has 5 nitrogen and oxygen atoms in total. The van der Waals surface area contributed by atoms with Gasteiger partial charge in [0.1, 0.15) is 29.6 Å². The normalized spacial score (nSPS) is 20.5. The highest BCUT2D eigenvalue weighted by Gasteiger charge is 2.33. The fourth-order valence-electron chi connectivity index (χ4n) is 4.89. The number of aromatic hydroxyl groups is 2. The summed E-state index contributed by atoms with van der Waals surface area (Å²) in [5, 5.41) is 19.6. The van der Waals surface area contributed by atoms with Crippen molar-refractivity contribution >= 4 is 0 Å². The van der Waals surface area contributed by atoms with E-state index in [-0.39, 0.29) is 23.3 Å². The molecule has 3 aromatic carbocycles. The number of benzene rings is 3. The lowest BCUT2D eigenvalue weighted by Crippen LogP contribution is -2.25. The molecule has 2 N–H and O–H groups in total. The molecular formula is C27H29NO4. The van der Waals surface area contributed by atoms with Crippen molar-refractivity contribution in [3.05, 3.63) is 83.4 Å². The third kappa shape index (κ3) is 4.39. The predicted octanol–water partition coefficient (Wildman–Crippen LogP) is 4.88. The second-order valence-electron chi connectivity index (χ2n) is 8.68. The van der Waals surface area contributed by atoms with Crippen molar-refractivity contribution in [1.82, 2.24) is 4.90 Å². The number of phenols is 2. The number of likely N-dealkylation sites (tertiary alicyclic amines) is 1. The lowest BCUT2D eigenvalue weighted by molar-refractivity contribution is 0.237. The van der Waals surface area contributed by atoms with Gasteiger partial charge in [0.05, 0.1) is 6.61 Å². The van der Waals surface area contributed by atoms with Gasteiger partial charge in [0.15, 0.2) is 0 Å². The zero-order valence-corrected chi connectivity index (χ0v) is 18.1. The van der Waals surface area contributed by atoms with Gasteiger partial charge in [-0.2, -0.15) is 0 Å². The van der Waals surface area contributed by atoms with Crippen molar-refractivity contribution in [2.75, 3.05) is 32.8 Å². The van der Waals surface area contributed by atoms with Crippen molar-refractivity contribution in [2.45, 2.75) is 24.7 Å². The average Bonchev–Trinajstić information content (AvgIpc) is 3.33. The van der Waals surface area contributed by atoms with E-state index < -0.39 is 0 Å². The van der Waals surface area contributed by atoms with E-state index in [1.165, 1.54) is 31.5 Å². The lowest BCUT2D eigenvalue weighted by Gasteiger charge is -2.34. The van der Waals surface area contributed by atoms with E-state index in [0.717, 1.165) is 29.2 Å².